The molecule has 8 nitrogen and oxygen atoms in total. The average Bonchev–Trinajstić information content (AvgIpc) is 2.79. The summed E-state index contributed by atoms with van der Waals surface area (Å²) >= 11 is 0. The summed E-state index contributed by atoms with van der Waals surface area (Å²) in [6.07, 6.45) is 0. The van der Waals surface area contributed by atoms with Crippen LogP contribution in [0.2, 0.25) is 0 Å². The number of amides is 2. The van der Waals surface area contributed by atoms with Crippen molar-refractivity contribution < 1.29 is 9.59 Å². The number of carbonyl (C=O) groups is 2. The van der Waals surface area contributed by atoms with Crippen molar-refractivity contribution in [1.29, 1.82) is 0 Å². The van der Waals surface area contributed by atoms with Crippen molar-refractivity contribution >= 4 is 23.3 Å². The molecular formula is C21H26N6O2. The molecule has 4 rings (SSSR count). The Balaban J connectivity index is 1.32. The van der Waals surface area contributed by atoms with E-state index >= 15 is 0 Å². The van der Waals surface area contributed by atoms with Gasteiger partial charge >= 0.3 is 0 Å². The highest BCUT2D eigenvalue weighted by molar-refractivity contribution is 5.92. The fourth-order valence-corrected chi connectivity index (χ4v) is 3.83. The number of benzene rings is 1. The van der Waals surface area contributed by atoms with Crippen LogP contribution in [-0.2, 0) is 4.79 Å². The minimum absolute atomic E-state index is 0.0711. The number of hydrogen-bond donors (Lipinski definition) is 0. The third-order valence-corrected chi connectivity index (χ3v) is 5.61. The Morgan fingerprint density at radius 2 is 1.34 bits per heavy atom. The van der Waals surface area contributed by atoms with Crippen LogP contribution in [-0.4, -0.2) is 84.2 Å². The van der Waals surface area contributed by atoms with Crippen molar-refractivity contribution in [2.24, 2.45) is 0 Å². The number of anilines is 2. The molecule has 1 aromatic carbocycles. The summed E-state index contributed by atoms with van der Waals surface area (Å²) in [5, 5.41) is 8.45. The van der Waals surface area contributed by atoms with E-state index in [0.29, 0.717) is 31.9 Å². The zero-order valence-electron chi connectivity index (χ0n) is 16.7. The van der Waals surface area contributed by atoms with Crippen LogP contribution >= 0.6 is 0 Å². The van der Waals surface area contributed by atoms with Gasteiger partial charge in [-0.05, 0) is 24.3 Å². The van der Waals surface area contributed by atoms with Crippen LogP contribution in [0.5, 0.6) is 0 Å². The molecule has 2 aliphatic rings. The van der Waals surface area contributed by atoms with E-state index in [-0.39, 0.29) is 11.8 Å². The van der Waals surface area contributed by atoms with Crippen LogP contribution in [0.3, 0.4) is 0 Å². The van der Waals surface area contributed by atoms with Gasteiger partial charge in [0.25, 0.3) is 5.91 Å². The van der Waals surface area contributed by atoms with Crippen LogP contribution in [0.4, 0.5) is 11.5 Å². The maximum atomic E-state index is 12.8. The Hall–Kier alpha value is -3.16. The maximum Gasteiger partial charge on any atom is 0.274 e. The van der Waals surface area contributed by atoms with E-state index < -0.39 is 0 Å². The zero-order valence-corrected chi connectivity index (χ0v) is 16.7. The minimum Gasteiger partial charge on any atom is -0.368 e. The first-order valence-electron chi connectivity index (χ1n) is 10.1. The normalized spacial score (nSPS) is 17.4. The smallest absolute Gasteiger partial charge is 0.274 e. The standard InChI is InChI=1S/C21H26N6O2/c1-17(28)24-9-13-26(14-10-24)20-8-7-19(22-23-20)21(29)27-15-11-25(12-16-27)18-5-3-2-4-6-18/h2-8H,9-16H2,1H3. The first-order valence-corrected chi connectivity index (χ1v) is 10.1. The van der Waals surface area contributed by atoms with E-state index in [4.69, 9.17) is 0 Å². The maximum absolute atomic E-state index is 12.8. The van der Waals surface area contributed by atoms with Crippen LogP contribution in [0.15, 0.2) is 42.5 Å². The second kappa shape index (κ2) is 8.46. The molecule has 0 bridgehead atoms. The van der Waals surface area contributed by atoms with Crippen LogP contribution in [0.25, 0.3) is 0 Å². The predicted octanol–water partition coefficient (Wildman–Crippen LogP) is 1.11. The number of piperazine rings is 2. The highest BCUT2D eigenvalue weighted by atomic mass is 16.2. The highest BCUT2D eigenvalue weighted by Gasteiger charge is 2.24. The van der Waals surface area contributed by atoms with Crippen LogP contribution in [0, 0.1) is 0 Å². The summed E-state index contributed by atoms with van der Waals surface area (Å²) in [5.41, 5.74) is 1.57. The summed E-state index contributed by atoms with van der Waals surface area (Å²) in [5.74, 6) is 0.779. The van der Waals surface area contributed by atoms with E-state index in [1.54, 1.807) is 13.0 Å². The molecule has 0 saturated carbocycles. The van der Waals surface area contributed by atoms with E-state index in [1.807, 2.05) is 34.1 Å². The van der Waals surface area contributed by atoms with Gasteiger partial charge in [-0.1, -0.05) is 18.2 Å². The lowest BCUT2D eigenvalue weighted by Crippen LogP contribution is -2.49. The van der Waals surface area contributed by atoms with Gasteiger partial charge in [-0.15, -0.1) is 10.2 Å². The third kappa shape index (κ3) is 4.31. The van der Waals surface area contributed by atoms with Gasteiger partial charge in [0.05, 0.1) is 0 Å². The van der Waals surface area contributed by atoms with Crippen molar-refractivity contribution in [2.45, 2.75) is 6.92 Å². The van der Waals surface area contributed by atoms with Crippen LogP contribution < -0.4 is 9.80 Å². The molecule has 8 heteroatoms. The molecule has 0 N–H and O–H groups in total. The zero-order chi connectivity index (χ0) is 20.2. The summed E-state index contributed by atoms with van der Waals surface area (Å²) in [6, 6.07) is 13.9. The van der Waals surface area contributed by atoms with Crippen molar-refractivity contribution in [2.75, 3.05) is 62.2 Å². The lowest BCUT2D eigenvalue weighted by Gasteiger charge is -2.36. The number of para-hydroxylation sites is 1. The summed E-state index contributed by atoms with van der Waals surface area (Å²) < 4.78 is 0. The molecule has 0 radical (unpaired) electrons. The van der Waals surface area contributed by atoms with Crippen molar-refractivity contribution in [3.63, 3.8) is 0 Å². The van der Waals surface area contributed by atoms with Gasteiger partial charge in [0, 0.05) is 65.0 Å². The minimum atomic E-state index is -0.0711. The monoisotopic (exact) mass is 394 g/mol. The van der Waals surface area contributed by atoms with E-state index in [1.165, 1.54) is 5.69 Å². The van der Waals surface area contributed by atoms with Gasteiger partial charge in [0.1, 0.15) is 0 Å². The Morgan fingerprint density at radius 1 is 0.724 bits per heavy atom. The third-order valence-electron chi connectivity index (χ3n) is 5.61. The molecular weight excluding hydrogens is 368 g/mol. The molecule has 2 aliphatic heterocycles. The fourth-order valence-electron chi connectivity index (χ4n) is 3.83. The van der Waals surface area contributed by atoms with Crippen LogP contribution in [0.1, 0.15) is 17.4 Å². The number of nitrogens with zero attached hydrogens (tertiary/aromatic N) is 6. The average molecular weight is 394 g/mol. The topological polar surface area (TPSA) is 72.9 Å². The molecule has 0 aliphatic carbocycles. The lowest BCUT2D eigenvalue weighted by atomic mass is 10.2. The molecule has 1 aromatic heterocycles. The molecule has 0 spiro atoms. The van der Waals surface area contributed by atoms with E-state index in [2.05, 4.69) is 32.1 Å². The van der Waals surface area contributed by atoms with Crippen molar-refractivity contribution in [3.05, 3.63) is 48.2 Å². The van der Waals surface area contributed by atoms with Crippen molar-refractivity contribution in [1.82, 2.24) is 20.0 Å². The molecule has 2 fully saturated rings. The van der Waals surface area contributed by atoms with Gasteiger partial charge < -0.3 is 19.6 Å². The number of hydrogen-bond acceptors (Lipinski definition) is 6. The summed E-state index contributed by atoms with van der Waals surface area (Å²) in [7, 11) is 0. The first kappa shape index (κ1) is 19.2. The summed E-state index contributed by atoms with van der Waals surface area (Å²) in [4.78, 5) is 32.3. The molecule has 3 heterocycles. The quantitative estimate of drug-likeness (QED) is 0.777. The Morgan fingerprint density at radius 3 is 1.93 bits per heavy atom. The fraction of sp³-hybridized carbons (Fsp3) is 0.429. The van der Waals surface area contributed by atoms with E-state index in [0.717, 1.165) is 32.0 Å². The molecule has 2 saturated heterocycles. The highest BCUT2D eigenvalue weighted by Crippen LogP contribution is 2.17. The molecule has 0 atom stereocenters. The largest absolute Gasteiger partial charge is 0.368 e. The Kier molecular flexibility index (Phi) is 5.59. The van der Waals surface area contributed by atoms with Gasteiger partial charge in [0.15, 0.2) is 11.5 Å². The first-order chi connectivity index (χ1) is 14.1. The second-order valence-corrected chi connectivity index (χ2v) is 7.38. The Labute approximate surface area is 170 Å². The number of aromatic nitrogens is 2. The lowest BCUT2D eigenvalue weighted by molar-refractivity contribution is -0.129. The van der Waals surface area contributed by atoms with Gasteiger partial charge in [0.2, 0.25) is 5.91 Å². The van der Waals surface area contributed by atoms with Gasteiger partial charge in [-0.2, -0.15) is 0 Å². The molecule has 2 aromatic rings. The molecule has 152 valence electrons. The summed E-state index contributed by atoms with van der Waals surface area (Å²) in [6.45, 7) is 7.37. The molecule has 29 heavy (non-hydrogen) atoms. The second-order valence-electron chi connectivity index (χ2n) is 7.38. The van der Waals surface area contributed by atoms with Crippen molar-refractivity contribution in [3.8, 4) is 0 Å². The predicted molar refractivity (Wildman–Crippen MR) is 111 cm³/mol. The number of rotatable bonds is 3. The molecule has 0 unspecified atom stereocenters. The van der Waals surface area contributed by atoms with Gasteiger partial charge in [-0.3, -0.25) is 9.59 Å². The molecule has 2 amide bonds. The van der Waals surface area contributed by atoms with Gasteiger partial charge in [-0.25, -0.2) is 0 Å². The Bertz CT molecular complexity index is 841. The van der Waals surface area contributed by atoms with E-state index in [9.17, 15) is 9.59 Å². The number of carbonyl (C=O) groups excluding carboxylic acids is 2. The SMILES string of the molecule is CC(=O)N1CCN(c2ccc(C(=O)N3CCN(c4ccccc4)CC3)nn2)CC1.